The third kappa shape index (κ3) is 2.41. The molecule has 6 heteroatoms. The topological polar surface area (TPSA) is 60.2 Å². The van der Waals surface area contributed by atoms with Crippen LogP contribution in [0.25, 0.3) is 10.9 Å². The number of rotatable bonds is 2. The van der Waals surface area contributed by atoms with Crippen molar-refractivity contribution in [3.8, 4) is 0 Å². The molecule has 1 aliphatic carbocycles. The summed E-state index contributed by atoms with van der Waals surface area (Å²) in [6, 6.07) is 1.82. The molecule has 1 unspecified atom stereocenters. The van der Waals surface area contributed by atoms with Crippen LogP contribution in [0.2, 0.25) is 0 Å². The normalized spacial score (nSPS) is 22.3. The van der Waals surface area contributed by atoms with Gasteiger partial charge in [-0.05, 0) is 31.7 Å². The predicted octanol–water partition coefficient (Wildman–Crippen LogP) is 1.64. The fourth-order valence-electron chi connectivity index (χ4n) is 3.51. The SMILES string of the molecule is Cc1nc2ccnc(N3CCOC(C4CCC4)C3)c2c(=O)n1C. The zero-order valence-electron chi connectivity index (χ0n) is 13.7. The highest BCUT2D eigenvalue weighted by Crippen LogP contribution is 2.34. The molecule has 1 aliphatic heterocycles. The van der Waals surface area contributed by atoms with Crippen molar-refractivity contribution in [2.75, 3.05) is 24.6 Å². The van der Waals surface area contributed by atoms with Crippen LogP contribution < -0.4 is 10.5 Å². The number of nitrogens with zero attached hydrogens (tertiary/aromatic N) is 4. The fourth-order valence-corrected chi connectivity index (χ4v) is 3.51. The number of fused-ring (bicyclic) bond motifs is 1. The van der Waals surface area contributed by atoms with Gasteiger partial charge in [-0.25, -0.2) is 9.97 Å². The van der Waals surface area contributed by atoms with Crippen molar-refractivity contribution >= 4 is 16.7 Å². The van der Waals surface area contributed by atoms with E-state index in [0.29, 0.717) is 23.7 Å². The minimum Gasteiger partial charge on any atom is -0.374 e. The first-order chi connectivity index (χ1) is 11.1. The van der Waals surface area contributed by atoms with Gasteiger partial charge < -0.3 is 9.64 Å². The van der Waals surface area contributed by atoms with E-state index in [1.807, 2.05) is 13.0 Å². The lowest BCUT2D eigenvalue weighted by molar-refractivity contribution is -0.0225. The fraction of sp³-hybridized carbons (Fsp3) is 0.588. The van der Waals surface area contributed by atoms with E-state index in [0.717, 1.165) is 24.4 Å². The molecule has 0 N–H and O–H groups in total. The minimum absolute atomic E-state index is 0.0257. The van der Waals surface area contributed by atoms with Crippen molar-refractivity contribution in [2.45, 2.75) is 32.3 Å². The Morgan fingerprint density at radius 1 is 1.35 bits per heavy atom. The number of aromatic nitrogens is 3. The Hall–Kier alpha value is -1.95. The van der Waals surface area contributed by atoms with Gasteiger partial charge in [-0.2, -0.15) is 0 Å². The summed E-state index contributed by atoms with van der Waals surface area (Å²) in [7, 11) is 1.76. The van der Waals surface area contributed by atoms with Crippen LogP contribution in [0, 0.1) is 12.8 Å². The first-order valence-electron chi connectivity index (χ1n) is 8.34. The largest absolute Gasteiger partial charge is 0.374 e. The molecule has 0 amide bonds. The summed E-state index contributed by atoms with van der Waals surface area (Å²) in [5, 5.41) is 0.620. The summed E-state index contributed by atoms with van der Waals surface area (Å²) in [5.74, 6) is 2.13. The van der Waals surface area contributed by atoms with E-state index in [4.69, 9.17) is 4.74 Å². The van der Waals surface area contributed by atoms with E-state index in [2.05, 4.69) is 14.9 Å². The van der Waals surface area contributed by atoms with Crippen molar-refractivity contribution in [1.82, 2.24) is 14.5 Å². The summed E-state index contributed by atoms with van der Waals surface area (Å²) < 4.78 is 7.54. The number of ether oxygens (including phenoxy) is 1. The predicted molar refractivity (Wildman–Crippen MR) is 88.8 cm³/mol. The van der Waals surface area contributed by atoms with Gasteiger partial charge >= 0.3 is 0 Å². The van der Waals surface area contributed by atoms with E-state index >= 15 is 0 Å². The summed E-state index contributed by atoms with van der Waals surface area (Å²) in [6.07, 6.45) is 5.82. The third-order valence-electron chi connectivity index (χ3n) is 5.26. The van der Waals surface area contributed by atoms with Crippen LogP contribution in [0.15, 0.2) is 17.1 Å². The van der Waals surface area contributed by atoms with Gasteiger partial charge in [0.15, 0.2) is 0 Å². The third-order valence-corrected chi connectivity index (χ3v) is 5.26. The number of anilines is 1. The maximum atomic E-state index is 12.7. The lowest BCUT2D eigenvalue weighted by Gasteiger charge is -2.41. The second-order valence-corrected chi connectivity index (χ2v) is 6.60. The molecule has 3 heterocycles. The standard InChI is InChI=1S/C17H22N4O2/c1-11-19-13-6-7-18-16(15(13)17(22)20(11)2)21-8-9-23-14(10-21)12-4-3-5-12/h6-7,12,14H,3-5,8-10H2,1-2H3. The van der Waals surface area contributed by atoms with Gasteiger partial charge in [-0.15, -0.1) is 0 Å². The van der Waals surface area contributed by atoms with Gasteiger partial charge in [0.2, 0.25) is 0 Å². The molecule has 1 saturated carbocycles. The first-order valence-corrected chi connectivity index (χ1v) is 8.34. The van der Waals surface area contributed by atoms with Crippen LogP contribution in [0.1, 0.15) is 25.1 Å². The Morgan fingerprint density at radius 2 is 2.17 bits per heavy atom. The summed E-state index contributed by atoms with van der Waals surface area (Å²) in [4.78, 5) is 24.0. The van der Waals surface area contributed by atoms with Gasteiger partial charge in [0.25, 0.3) is 5.56 Å². The summed E-state index contributed by atoms with van der Waals surface area (Å²) in [5.41, 5.74) is 0.699. The highest BCUT2D eigenvalue weighted by molar-refractivity contribution is 5.88. The van der Waals surface area contributed by atoms with Gasteiger partial charge in [-0.1, -0.05) is 6.42 Å². The Morgan fingerprint density at radius 3 is 2.91 bits per heavy atom. The molecule has 23 heavy (non-hydrogen) atoms. The van der Waals surface area contributed by atoms with Gasteiger partial charge in [-0.3, -0.25) is 9.36 Å². The molecule has 6 nitrogen and oxygen atoms in total. The van der Waals surface area contributed by atoms with Crippen LogP contribution in [0.5, 0.6) is 0 Å². The molecule has 1 atom stereocenters. The molecule has 2 aliphatic rings. The lowest BCUT2D eigenvalue weighted by Crippen LogP contribution is -2.48. The van der Waals surface area contributed by atoms with Crippen molar-refractivity contribution in [2.24, 2.45) is 13.0 Å². The molecule has 2 fully saturated rings. The van der Waals surface area contributed by atoms with Crippen molar-refractivity contribution in [3.05, 3.63) is 28.4 Å². The molecule has 0 aromatic carbocycles. The van der Waals surface area contributed by atoms with Crippen LogP contribution in [-0.2, 0) is 11.8 Å². The van der Waals surface area contributed by atoms with E-state index in [9.17, 15) is 4.79 Å². The Kier molecular flexibility index (Phi) is 3.56. The molecular weight excluding hydrogens is 292 g/mol. The maximum Gasteiger partial charge on any atom is 0.264 e. The zero-order chi connectivity index (χ0) is 16.0. The molecule has 0 radical (unpaired) electrons. The molecule has 1 saturated heterocycles. The average molecular weight is 314 g/mol. The van der Waals surface area contributed by atoms with E-state index in [1.54, 1.807) is 17.8 Å². The van der Waals surface area contributed by atoms with E-state index < -0.39 is 0 Å². The van der Waals surface area contributed by atoms with Crippen molar-refractivity contribution in [1.29, 1.82) is 0 Å². The molecule has 122 valence electrons. The van der Waals surface area contributed by atoms with Crippen LogP contribution in [0.4, 0.5) is 5.82 Å². The number of aryl methyl sites for hydroxylation is 1. The highest BCUT2D eigenvalue weighted by atomic mass is 16.5. The van der Waals surface area contributed by atoms with Gasteiger partial charge in [0.05, 0.1) is 18.2 Å². The molecule has 0 spiro atoms. The summed E-state index contributed by atoms with van der Waals surface area (Å²) in [6.45, 7) is 4.13. The average Bonchev–Trinajstić information content (AvgIpc) is 2.51. The number of hydrogen-bond donors (Lipinski definition) is 0. The van der Waals surface area contributed by atoms with E-state index in [-0.39, 0.29) is 11.7 Å². The van der Waals surface area contributed by atoms with Crippen LogP contribution >= 0.6 is 0 Å². The lowest BCUT2D eigenvalue weighted by atomic mass is 9.80. The number of pyridine rings is 1. The molecule has 2 aromatic rings. The monoisotopic (exact) mass is 314 g/mol. The Labute approximate surface area is 135 Å². The van der Waals surface area contributed by atoms with Crippen molar-refractivity contribution < 1.29 is 4.74 Å². The molecule has 0 bridgehead atoms. The van der Waals surface area contributed by atoms with Crippen LogP contribution in [-0.4, -0.2) is 40.3 Å². The Bertz CT molecular complexity index is 797. The number of hydrogen-bond acceptors (Lipinski definition) is 5. The Balaban J connectivity index is 1.76. The van der Waals surface area contributed by atoms with Crippen molar-refractivity contribution in [3.63, 3.8) is 0 Å². The molecule has 2 aromatic heterocycles. The van der Waals surface area contributed by atoms with Crippen LogP contribution in [0.3, 0.4) is 0 Å². The first kappa shape index (κ1) is 14.6. The second kappa shape index (κ2) is 5.60. The van der Waals surface area contributed by atoms with Gasteiger partial charge in [0.1, 0.15) is 17.0 Å². The smallest absolute Gasteiger partial charge is 0.264 e. The molecular formula is C17H22N4O2. The maximum absolute atomic E-state index is 12.7. The minimum atomic E-state index is -0.0257. The van der Waals surface area contributed by atoms with Gasteiger partial charge in [0, 0.05) is 26.3 Å². The van der Waals surface area contributed by atoms with E-state index in [1.165, 1.54) is 19.3 Å². The highest BCUT2D eigenvalue weighted by Gasteiger charge is 2.33. The second-order valence-electron chi connectivity index (χ2n) is 6.60. The zero-order valence-corrected chi connectivity index (χ0v) is 13.7. The number of morpholine rings is 1. The molecule has 4 rings (SSSR count). The quantitative estimate of drug-likeness (QED) is 0.843. The summed E-state index contributed by atoms with van der Waals surface area (Å²) >= 11 is 0.